The Morgan fingerprint density at radius 1 is 1.13 bits per heavy atom. The number of nitrogens with zero attached hydrogens (tertiary/aromatic N) is 2. The van der Waals surface area contributed by atoms with Gasteiger partial charge in [0.1, 0.15) is 0 Å². The van der Waals surface area contributed by atoms with Crippen molar-refractivity contribution in [3.8, 4) is 0 Å². The Hall–Kier alpha value is -2.25. The Morgan fingerprint density at radius 3 is 1.87 bits per heavy atom. The molecule has 0 saturated heterocycles. The first-order valence-electron chi connectivity index (χ1n) is 6.18. The molecule has 3 N–H and O–H groups in total. The van der Waals surface area contributed by atoms with Crippen molar-refractivity contribution in [1.82, 2.24) is 4.90 Å². The molecule has 7 nitrogen and oxygen atoms in total. The van der Waals surface area contributed by atoms with Crippen molar-refractivity contribution in [2.45, 2.75) is 0 Å². The number of carbonyl (C=O) groups is 2. The summed E-state index contributed by atoms with van der Waals surface area (Å²) < 4.78 is 0. The van der Waals surface area contributed by atoms with Gasteiger partial charge >= 0.3 is 11.9 Å². The molecule has 1 rings (SSSR count). The van der Waals surface area contributed by atoms with Gasteiger partial charge in [0.25, 0.3) is 0 Å². The number of carboxylic acids is 2. The second-order valence-corrected chi connectivity index (χ2v) is 4.99. The number of nitrogens with one attached hydrogen (secondary N) is 1. The van der Waals surface area contributed by atoms with Crippen LogP contribution in [0, 0.1) is 0 Å². The Morgan fingerprint density at radius 2 is 1.57 bits per heavy atom. The van der Waals surface area contributed by atoms with Gasteiger partial charge in [-0.1, -0.05) is 29.3 Å². The lowest BCUT2D eigenvalue weighted by atomic mass is 10.3. The highest BCUT2D eigenvalue weighted by atomic mass is 35.5. The first-order chi connectivity index (χ1) is 10.7. The Bertz CT molecular complexity index is 580. The molecule has 0 aliphatic carbocycles. The van der Waals surface area contributed by atoms with Crippen LogP contribution in [0.3, 0.4) is 0 Å². The van der Waals surface area contributed by atoms with Gasteiger partial charge in [0.05, 0.1) is 15.7 Å². The molecule has 0 aliphatic rings. The van der Waals surface area contributed by atoms with Crippen molar-refractivity contribution in [2.75, 3.05) is 26.5 Å². The lowest BCUT2D eigenvalue weighted by Crippen LogP contribution is -2.29. The Labute approximate surface area is 143 Å². The molecular weight excluding hydrogens is 345 g/mol. The first-order valence-corrected chi connectivity index (χ1v) is 6.93. The van der Waals surface area contributed by atoms with Crippen LogP contribution in [0.15, 0.2) is 35.3 Å². The van der Waals surface area contributed by atoms with Gasteiger partial charge in [0, 0.05) is 33.3 Å². The zero-order chi connectivity index (χ0) is 18.0. The average Bonchev–Trinajstić information content (AvgIpc) is 2.45. The van der Waals surface area contributed by atoms with Gasteiger partial charge in [0.15, 0.2) is 5.96 Å². The van der Waals surface area contributed by atoms with E-state index < -0.39 is 11.9 Å². The van der Waals surface area contributed by atoms with E-state index in [1.807, 2.05) is 19.0 Å². The Kier molecular flexibility index (Phi) is 9.45. The molecule has 1 aromatic rings. The van der Waals surface area contributed by atoms with Crippen molar-refractivity contribution in [1.29, 1.82) is 0 Å². The molecule has 0 amide bonds. The monoisotopic (exact) mass is 361 g/mol. The number of halogens is 2. The van der Waals surface area contributed by atoms with Gasteiger partial charge < -0.3 is 20.4 Å². The SMILES string of the molecule is CN=C(Nc1c(Cl)cccc1Cl)N(C)C.O=C(O)/C=C/C(=O)O. The quantitative estimate of drug-likeness (QED) is 0.434. The van der Waals surface area contributed by atoms with E-state index in [1.54, 1.807) is 25.2 Å². The number of hydrogen-bond acceptors (Lipinski definition) is 3. The molecule has 0 radical (unpaired) electrons. The molecule has 0 saturated carbocycles. The van der Waals surface area contributed by atoms with Crippen molar-refractivity contribution >= 4 is 46.8 Å². The highest BCUT2D eigenvalue weighted by Crippen LogP contribution is 2.29. The van der Waals surface area contributed by atoms with Gasteiger partial charge in [-0.05, 0) is 12.1 Å². The lowest BCUT2D eigenvalue weighted by molar-refractivity contribution is -0.134. The van der Waals surface area contributed by atoms with E-state index in [4.69, 9.17) is 33.4 Å². The second-order valence-electron chi connectivity index (χ2n) is 4.17. The summed E-state index contributed by atoms with van der Waals surface area (Å²) in [6, 6.07) is 5.35. The molecular formula is C14H17Cl2N3O4. The van der Waals surface area contributed by atoms with Crippen LogP contribution >= 0.6 is 23.2 Å². The minimum Gasteiger partial charge on any atom is -0.478 e. The van der Waals surface area contributed by atoms with E-state index >= 15 is 0 Å². The number of rotatable bonds is 3. The first kappa shape index (κ1) is 20.8. The molecule has 0 heterocycles. The zero-order valence-corrected chi connectivity index (χ0v) is 14.3. The standard InChI is InChI=1S/C10H13Cl2N3.C4H4O4/c1-13-10(15(2)3)14-9-7(11)5-4-6-8(9)12;5-3(6)1-2-4(7)8/h4-6H,1-3H3,(H,13,14);1-2H,(H,5,6)(H,7,8)/b;2-1+. The number of carboxylic acid groups (broad SMARTS) is 2. The molecule has 0 unspecified atom stereocenters. The largest absolute Gasteiger partial charge is 0.478 e. The van der Waals surface area contributed by atoms with E-state index in [0.29, 0.717) is 33.8 Å². The minimum absolute atomic E-state index is 0.558. The second kappa shape index (κ2) is 10.5. The minimum atomic E-state index is -1.26. The normalized spacial score (nSPS) is 10.7. The fourth-order valence-electron chi connectivity index (χ4n) is 1.24. The molecule has 0 atom stereocenters. The summed E-state index contributed by atoms with van der Waals surface area (Å²) in [5, 5.41) is 19.9. The highest BCUT2D eigenvalue weighted by molar-refractivity contribution is 6.39. The molecule has 0 fully saturated rings. The van der Waals surface area contributed by atoms with Crippen LogP contribution in [0.4, 0.5) is 5.69 Å². The third-order valence-electron chi connectivity index (χ3n) is 2.20. The summed E-state index contributed by atoms with van der Waals surface area (Å²) in [6.07, 6.45) is 1.12. The fraction of sp³-hybridized carbons (Fsp3) is 0.214. The summed E-state index contributed by atoms with van der Waals surface area (Å²) in [5.74, 6) is -1.81. The van der Waals surface area contributed by atoms with Crippen LogP contribution in [0.1, 0.15) is 0 Å². The summed E-state index contributed by atoms with van der Waals surface area (Å²) in [5.41, 5.74) is 0.676. The third kappa shape index (κ3) is 8.70. The zero-order valence-electron chi connectivity index (χ0n) is 12.7. The molecule has 1 aromatic carbocycles. The molecule has 126 valence electrons. The predicted octanol–water partition coefficient (Wildman–Crippen LogP) is 2.66. The number of aliphatic carboxylic acids is 2. The van der Waals surface area contributed by atoms with Crippen LogP contribution in [-0.2, 0) is 9.59 Å². The van der Waals surface area contributed by atoms with Crippen molar-refractivity contribution in [3.05, 3.63) is 40.4 Å². The van der Waals surface area contributed by atoms with Crippen LogP contribution in [0.25, 0.3) is 0 Å². The predicted molar refractivity (Wildman–Crippen MR) is 91.5 cm³/mol. The van der Waals surface area contributed by atoms with E-state index in [0.717, 1.165) is 0 Å². The third-order valence-corrected chi connectivity index (χ3v) is 2.83. The highest BCUT2D eigenvalue weighted by Gasteiger charge is 2.08. The van der Waals surface area contributed by atoms with Gasteiger partial charge in [0.2, 0.25) is 0 Å². The molecule has 23 heavy (non-hydrogen) atoms. The summed E-state index contributed by atoms with van der Waals surface area (Å²) in [6.45, 7) is 0. The van der Waals surface area contributed by atoms with Crippen molar-refractivity contribution in [2.24, 2.45) is 4.99 Å². The van der Waals surface area contributed by atoms with E-state index in [9.17, 15) is 9.59 Å². The number of hydrogen-bond donors (Lipinski definition) is 3. The van der Waals surface area contributed by atoms with Gasteiger partial charge in [-0.25, -0.2) is 9.59 Å². The van der Waals surface area contributed by atoms with Gasteiger partial charge in [-0.3, -0.25) is 4.99 Å². The molecule has 0 aromatic heterocycles. The van der Waals surface area contributed by atoms with Crippen LogP contribution < -0.4 is 5.32 Å². The maximum atomic E-state index is 9.55. The maximum Gasteiger partial charge on any atom is 0.328 e. The molecule has 0 bridgehead atoms. The van der Waals surface area contributed by atoms with Gasteiger partial charge in [-0.15, -0.1) is 0 Å². The number of aliphatic imine (C=N–C) groups is 1. The van der Waals surface area contributed by atoms with Crippen molar-refractivity contribution < 1.29 is 19.8 Å². The van der Waals surface area contributed by atoms with E-state index in [2.05, 4.69) is 10.3 Å². The number of anilines is 1. The molecule has 0 aliphatic heterocycles. The molecule has 0 spiro atoms. The number of guanidine groups is 1. The van der Waals surface area contributed by atoms with Crippen molar-refractivity contribution in [3.63, 3.8) is 0 Å². The summed E-state index contributed by atoms with van der Waals surface area (Å²) in [7, 11) is 5.48. The number of benzene rings is 1. The van der Waals surface area contributed by atoms with Gasteiger partial charge in [-0.2, -0.15) is 0 Å². The smallest absolute Gasteiger partial charge is 0.328 e. The molecule has 9 heteroatoms. The maximum absolute atomic E-state index is 9.55. The van der Waals surface area contributed by atoms with Crippen LogP contribution in [-0.4, -0.2) is 54.2 Å². The van der Waals surface area contributed by atoms with Crippen LogP contribution in [0.5, 0.6) is 0 Å². The lowest BCUT2D eigenvalue weighted by Gasteiger charge is -2.18. The fourth-order valence-corrected chi connectivity index (χ4v) is 1.73. The topological polar surface area (TPSA) is 102 Å². The van der Waals surface area contributed by atoms with E-state index in [1.165, 1.54) is 0 Å². The number of para-hydroxylation sites is 1. The van der Waals surface area contributed by atoms with E-state index in [-0.39, 0.29) is 0 Å². The summed E-state index contributed by atoms with van der Waals surface area (Å²) >= 11 is 12.0. The average molecular weight is 362 g/mol. The summed E-state index contributed by atoms with van der Waals surface area (Å²) in [4.78, 5) is 25.0. The Balaban J connectivity index is 0.000000515. The van der Waals surface area contributed by atoms with Crippen LogP contribution in [0.2, 0.25) is 10.0 Å².